The zero-order valence-corrected chi connectivity index (χ0v) is 12.6. The van der Waals surface area contributed by atoms with Crippen molar-refractivity contribution in [1.82, 2.24) is 5.32 Å². The van der Waals surface area contributed by atoms with Crippen molar-refractivity contribution in [3.8, 4) is 5.75 Å². The number of carbonyl (C=O) groups excluding carboxylic acids is 1. The van der Waals surface area contributed by atoms with E-state index in [0.717, 1.165) is 13.0 Å². The van der Waals surface area contributed by atoms with Gasteiger partial charge in [0.05, 0.1) is 11.6 Å². The highest BCUT2D eigenvalue weighted by atomic mass is 79.9. The van der Waals surface area contributed by atoms with Crippen LogP contribution in [-0.4, -0.2) is 25.4 Å². The summed E-state index contributed by atoms with van der Waals surface area (Å²) in [5.74, 6) is -0.994. The van der Waals surface area contributed by atoms with Gasteiger partial charge >= 0.3 is 6.36 Å². The van der Waals surface area contributed by atoms with Crippen LogP contribution in [0.4, 0.5) is 18.9 Å². The Morgan fingerprint density at radius 1 is 1.43 bits per heavy atom. The summed E-state index contributed by atoms with van der Waals surface area (Å²) in [5.41, 5.74) is 0.00565. The molecule has 4 nitrogen and oxygen atoms in total. The zero-order chi connectivity index (χ0) is 15.5. The van der Waals surface area contributed by atoms with Gasteiger partial charge in [-0.15, -0.1) is 13.2 Å². The summed E-state index contributed by atoms with van der Waals surface area (Å²) in [6.07, 6.45) is -3.23. The number of benzene rings is 1. The smallest absolute Gasteiger partial charge is 0.404 e. The third-order valence-electron chi connectivity index (χ3n) is 3.09. The number of rotatable bonds is 3. The highest BCUT2D eigenvalue weighted by Gasteiger charge is 2.32. The van der Waals surface area contributed by atoms with Crippen LogP contribution < -0.4 is 15.4 Å². The minimum atomic E-state index is -4.81. The highest BCUT2D eigenvalue weighted by molar-refractivity contribution is 9.10. The minimum absolute atomic E-state index is 0.00565. The van der Waals surface area contributed by atoms with E-state index in [9.17, 15) is 18.0 Å². The second kappa shape index (κ2) is 6.65. The molecule has 21 heavy (non-hydrogen) atoms. The molecule has 1 saturated heterocycles. The van der Waals surface area contributed by atoms with Crippen LogP contribution in [0.5, 0.6) is 5.75 Å². The van der Waals surface area contributed by atoms with Crippen LogP contribution in [-0.2, 0) is 4.79 Å². The fourth-order valence-corrected chi connectivity index (χ4v) is 2.46. The number of amides is 1. The first-order valence-electron chi connectivity index (χ1n) is 6.42. The van der Waals surface area contributed by atoms with E-state index in [4.69, 9.17) is 0 Å². The number of anilines is 1. The zero-order valence-electron chi connectivity index (χ0n) is 11.0. The number of halogens is 4. The van der Waals surface area contributed by atoms with Crippen LogP contribution in [0.1, 0.15) is 12.8 Å². The summed E-state index contributed by atoms with van der Waals surface area (Å²) in [7, 11) is 0. The van der Waals surface area contributed by atoms with Crippen molar-refractivity contribution < 1.29 is 22.7 Å². The molecule has 0 spiro atoms. The van der Waals surface area contributed by atoms with E-state index in [1.165, 1.54) is 18.2 Å². The molecule has 1 fully saturated rings. The number of ether oxygens (including phenoxy) is 1. The Balaban J connectivity index is 2.13. The van der Waals surface area contributed by atoms with Crippen LogP contribution >= 0.6 is 15.9 Å². The van der Waals surface area contributed by atoms with Gasteiger partial charge in [0.1, 0.15) is 0 Å². The molecule has 1 unspecified atom stereocenters. The molecule has 0 bridgehead atoms. The summed E-state index contributed by atoms with van der Waals surface area (Å²) < 4.78 is 41.5. The predicted molar refractivity (Wildman–Crippen MR) is 75.0 cm³/mol. The summed E-state index contributed by atoms with van der Waals surface area (Å²) in [4.78, 5) is 12.1. The van der Waals surface area contributed by atoms with Gasteiger partial charge in [-0.1, -0.05) is 15.9 Å². The Morgan fingerprint density at radius 2 is 2.19 bits per heavy atom. The van der Waals surface area contributed by atoms with Crippen molar-refractivity contribution in [3.05, 3.63) is 22.7 Å². The first kappa shape index (κ1) is 16.1. The van der Waals surface area contributed by atoms with E-state index in [0.29, 0.717) is 17.4 Å². The highest BCUT2D eigenvalue weighted by Crippen LogP contribution is 2.33. The molecule has 8 heteroatoms. The van der Waals surface area contributed by atoms with Gasteiger partial charge in [0.25, 0.3) is 0 Å². The lowest BCUT2D eigenvalue weighted by Crippen LogP contribution is -2.37. The van der Waals surface area contributed by atoms with Crippen LogP contribution in [0.25, 0.3) is 0 Å². The maximum absolute atomic E-state index is 12.4. The molecule has 1 atom stereocenters. The summed E-state index contributed by atoms with van der Waals surface area (Å²) in [5, 5.41) is 5.59. The van der Waals surface area contributed by atoms with Crippen molar-refractivity contribution in [3.63, 3.8) is 0 Å². The van der Waals surface area contributed by atoms with E-state index in [2.05, 4.69) is 31.3 Å². The van der Waals surface area contributed by atoms with E-state index in [1.54, 1.807) is 0 Å². The van der Waals surface area contributed by atoms with E-state index in [-0.39, 0.29) is 17.5 Å². The molecule has 1 aromatic rings. The molecule has 1 aliphatic heterocycles. The fourth-order valence-electron chi connectivity index (χ4n) is 2.12. The van der Waals surface area contributed by atoms with Crippen LogP contribution in [0.15, 0.2) is 22.7 Å². The van der Waals surface area contributed by atoms with Gasteiger partial charge in [-0.05, 0) is 37.6 Å². The molecule has 0 aromatic heterocycles. The van der Waals surface area contributed by atoms with Crippen molar-refractivity contribution in [2.75, 3.05) is 18.4 Å². The van der Waals surface area contributed by atoms with Crippen molar-refractivity contribution in [1.29, 1.82) is 0 Å². The monoisotopic (exact) mass is 366 g/mol. The topological polar surface area (TPSA) is 50.4 Å². The maximum atomic E-state index is 12.4. The second-order valence-corrected chi connectivity index (χ2v) is 5.64. The standard InChI is InChI=1S/C13H14BrF3N2O2/c14-9-3-4-10(11(6-9)21-13(15,16)17)19-12(20)8-2-1-5-18-7-8/h3-4,6,8,18H,1-2,5,7H2,(H,19,20). The molecule has 116 valence electrons. The predicted octanol–water partition coefficient (Wildman–Crippen LogP) is 3.29. The lowest BCUT2D eigenvalue weighted by molar-refractivity contribution is -0.274. The van der Waals surface area contributed by atoms with E-state index < -0.39 is 12.1 Å². The molecular weight excluding hydrogens is 353 g/mol. The van der Waals surface area contributed by atoms with Gasteiger partial charge in [0.2, 0.25) is 5.91 Å². The number of piperidine rings is 1. The Kier molecular flexibility index (Phi) is 5.10. The Hall–Kier alpha value is -1.28. The first-order valence-corrected chi connectivity index (χ1v) is 7.21. The first-order chi connectivity index (χ1) is 9.85. The number of alkyl halides is 3. The minimum Gasteiger partial charge on any atom is -0.404 e. The molecule has 0 aliphatic carbocycles. The normalized spacial score (nSPS) is 19.1. The maximum Gasteiger partial charge on any atom is 0.573 e. The molecule has 0 saturated carbocycles. The van der Waals surface area contributed by atoms with Crippen LogP contribution in [0.2, 0.25) is 0 Å². The molecule has 2 rings (SSSR count). The molecule has 0 radical (unpaired) electrons. The number of hydrogen-bond donors (Lipinski definition) is 2. The Bertz CT molecular complexity index is 517. The lowest BCUT2D eigenvalue weighted by Gasteiger charge is -2.22. The average molecular weight is 367 g/mol. The Morgan fingerprint density at radius 3 is 2.81 bits per heavy atom. The molecule has 1 aromatic carbocycles. The third-order valence-corrected chi connectivity index (χ3v) is 3.59. The van der Waals surface area contributed by atoms with E-state index in [1.807, 2.05) is 0 Å². The lowest BCUT2D eigenvalue weighted by atomic mass is 9.99. The van der Waals surface area contributed by atoms with Crippen LogP contribution in [0.3, 0.4) is 0 Å². The van der Waals surface area contributed by atoms with Gasteiger partial charge in [-0.2, -0.15) is 0 Å². The third kappa shape index (κ3) is 4.89. The van der Waals surface area contributed by atoms with Gasteiger partial charge in [0, 0.05) is 11.0 Å². The largest absolute Gasteiger partial charge is 0.573 e. The van der Waals surface area contributed by atoms with Crippen molar-refractivity contribution in [2.45, 2.75) is 19.2 Å². The molecule has 1 amide bonds. The van der Waals surface area contributed by atoms with Gasteiger partial charge in [-0.25, -0.2) is 0 Å². The van der Waals surface area contributed by atoms with Gasteiger partial charge in [-0.3, -0.25) is 4.79 Å². The van der Waals surface area contributed by atoms with Gasteiger partial charge < -0.3 is 15.4 Å². The Labute approximate surface area is 128 Å². The van der Waals surface area contributed by atoms with Crippen molar-refractivity contribution in [2.24, 2.45) is 5.92 Å². The number of carbonyl (C=O) groups is 1. The second-order valence-electron chi connectivity index (χ2n) is 4.72. The number of nitrogens with one attached hydrogen (secondary N) is 2. The molecule has 2 N–H and O–H groups in total. The molecule has 1 aliphatic rings. The quantitative estimate of drug-likeness (QED) is 0.862. The summed E-state index contributed by atoms with van der Waals surface area (Å²) >= 11 is 3.08. The molecule has 1 heterocycles. The van der Waals surface area contributed by atoms with Crippen molar-refractivity contribution >= 4 is 27.5 Å². The summed E-state index contributed by atoms with van der Waals surface area (Å²) in [6.45, 7) is 1.38. The summed E-state index contributed by atoms with van der Waals surface area (Å²) in [6, 6.07) is 4.08. The van der Waals surface area contributed by atoms with Gasteiger partial charge in [0.15, 0.2) is 5.75 Å². The fraction of sp³-hybridized carbons (Fsp3) is 0.462. The molecular formula is C13H14BrF3N2O2. The number of hydrogen-bond acceptors (Lipinski definition) is 3. The average Bonchev–Trinajstić information content (AvgIpc) is 2.41. The van der Waals surface area contributed by atoms with E-state index >= 15 is 0 Å². The van der Waals surface area contributed by atoms with Crippen LogP contribution in [0, 0.1) is 5.92 Å². The SMILES string of the molecule is O=C(Nc1ccc(Br)cc1OC(F)(F)F)C1CCCNC1.